The fourth-order valence-corrected chi connectivity index (χ4v) is 13.5. The standard InChI is InChI=1S/C53H51OP/c1-36-20-17-21-37(2)49(36)51(42-28-13-7-14-29-42)45-32-19-33-46(52(43-30-15-8-16-31-43)50-38(3)22-18-23-39(50)4)53(45)55-47(40-24-9-5-10-25-40)34-44(54)35-48(55)41-26-11-6-12-27-41/h5-33,44,47-48,51-52,54H,34-35H2,1-4H3. The van der Waals surface area contributed by atoms with E-state index in [2.05, 4.69) is 204 Å². The minimum Gasteiger partial charge on any atom is -0.393 e. The number of aliphatic hydroxyl groups is 1. The summed E-state index contributed by atoms with van der Waals surface area (Å²) in [4.78, 5) is 0. The predicted molar refractivity (Wildman–Crippen MR) is 233 cm³/mol. The van der Waals surface area contributed by atoms with Crippen molar-refractivity contribution in [2.45, 2.75) is 69.8 Å². The third kappa shape index (κ3) is 7.37. The van der Waals surface area contributed by atoms with Crippen molar-refractivity contribution in [2.24, 2.45) is 0 Å². The van der Waals surface area contributed by atoms with Gasteiger partial charge in [0.2, 0.25) is 0 Å². The van der Waals surface area contributed by atoms with Crippen LogP contribution in [0.5, 0.6) is 0 Å². The van der Waals surface area contributed by atoms with Gasteiger partial charge in [0.25, 0.3) is 0 Å². The van der Waals surface area contributed by atoms with Crippen LogP contribution in [0.4, 0.5) is 0 Å². The first-order valence-electron chi connectivity index (χ1n) is 19.8. The molecule has 1 nitrogen and oxygen atoms in total. The molecule has 0 radical (unpaired) electrons. The molecule has 55 heavy (non-hydrogen) atoms. The van der Waals surface area contributed by atoms with Crippen molar-refractivity contribution >= 4 is 13.2 Å². The Morgan fingerprint density at radius 2 is 0.745 bits per heavy atom. The van der Waals surface area contributed by atoms with Crippen molar-refractivity contribution in [3.63, 3.8) is 0 Å². The molecular weight excluding hydrogens is 684 g/mol. The monoisotopic (exact) mass is 734 g/mol. The maximum absolute atomic E-state index is 11.9. The molecule has 7 aromatic carbocycles. The van der Waals surface area contributed by atoms with Crippen LogP contribution in [-0.4, -0.2) is 11.2 Å². The first kappa shape index (κ1) is 36.9. The average Bonchev–Trinajstić information content (AvgIpc) is 3.22. The smallest absolute Gasteiger partial charge is 0.0559 e. The number of rotatable bonds is 9. The van der Waals surface area contributed by atoms with Crippen LogP contribution in [0.2, 0.25) is 0 Å². The largest absolute Gasteiger partial charge is 0.393 e. The van der Waals surface area contributed by atoms with E-state index in [1.54, 1.807) is 0 Å². The molecule has 1 N–H and O–H groups in total. The Morgan fingerprint density at radius 1 is 0.418 bits per heavy atom. The number of benzene rings is 7. The summed E-state index contributed by atoms with van der Waals surface area (Å²) >= 11 is 0. The van der Waals surface area contributed by atoms with E-state index in [0.29, 0.717) is 0 Å². The molecule has 7 aromatic rings. The molecule has 0 bridgehead atoms. The lowest BCUT2D eigenvalue weighted by Crippen LogP contribution is -2.31. The SMILES string of the molecule is Cc1cccc(C)c1C(c1ccccc1)c1cccc(C(c2ccccc2)c2c(C)cccc2C)c1P1C(c2ccccc2)CC(O)CC1c1ccccc1. The van der Waals surface area contributed by atoms with Crippen LogP contribution in [0.1, 0.15) is 103 Å². The molecule has 0 amide bonds. The van der Waals surface area contributed by atoms with E-state index in [0.717, 1.165) is 12.8 Å². The van der Waals surface area contributed by atoms with Gasteiger partial charge in [0.1, 0.15) is 0 Å². The second kappa shape index (κ2) is 16.3. The Bertz CT molecular complexity index is 2150. The van der Waals surface area contributed by atoms with Gasteiger partial charge in [-0.15, -0.1) is 0 Å². The number of aryl methyl sites for hydroxylation is 4. The van der Waals surface area contributed by atoms with Crippen LogP contribution in [0, 0.1) is 27.7 Å². The topological polar surface area (TPSA) is 20.2 Å². The molecule has 1 saturated heterocycles. The van der Waals surface area contributed by atoms with Gasteiger partial charge in [-0.3, -0.25) is 0 Å². The average molecular weight is 735 g/mol. The summed E-state index contributed by atoms with van der Waals surface area (Å²) in [5, 5.41) is 13.3. The summed E-state index contributed by atoms with van der Waals surface area (Å²) in [6.07, 6.45) is 1.09. The Hall–Kier alpha value is -5.07. The zero-order valence-electron chi connectivity index (χ0n) is 32.4. The Balaban J connectivity index is 1.53. The molecule has 0 aromatic heterocycles. The van der Waals surface area contributed by atoms with Gasteiger partial charge >= 0.3 is 0 Å². The first-order chi connectivity index (χ1) is 26.9. The summed E-state index contributed by atoms with van der Waals surface area (Å²) in [7, 11) is -0.939. The van der Waals surface area contributed by atoms with Crippen LogP contribution in [0.15, 0.2) is 176 Å². The molecule has 4 atom stereocenters. The van der Waals surface area contributed by atoms with E-state index in [1.165, 1.54) is 72.1 Å². The number of aliphatic hydroxyl groups excluding tert-OH is 1. The predicted octanol–water partition coefficient (Wildman–Crippen LogP) is 13.0. The van der Waals surface area contributed by atoms with Gasteiger partial charge in [-0.1, -0.05) is 184 Å². The lowest BCUT2D eigenvalue weighted by Gasteiger charge is -2.45. The van der Waals surface area contributed by atoms with Crippen LogP contribution >= 0.6 is 7.92 Å². The highest BCUT2D eigenvalue weighted by atomic mass is 31.1. The van der Waals surface area contributed by atoms with Gasteiger partial charge in [-0.2, -0.15) is 0 Å². The van der Waals surface area contributed by atoms with Crippen molar-refractivity contribution in [1.82, 2.24) is 0 Å². The molecular formula is C53H51OP. The van der Waals surface area contributed by atoms with Gasteiger partial charge in [0.05, 0.1) is 6.10 Å². The molecule has 0 aliphatic carbocycles. The Kier molecular flexibility index (Phi) is 11.0. The number of hydrogen-bond acceptors (Lipinski definition) is 1. The molecule has 4 unspecified atom stereocenters. The van der Waals surface area contributed by atoms with Crippen molar-refractivity contribution in [1.29, 1.82) is 0 Å². The lowest BCUT2D eigenvalue weighted by molar-refractivity contribution is 0.146. The van der Waals surface area contributed by atoms with Crippen LogP contribution in [0.3, 0.4) is 0 Å². The van der Waals surface area contributed by atoms with Crippen molar-refractivity contribution < 1.29 is 5.11 Å². The van der Waals surface area contributed by atoms with Crippen molar-refractivity contribution in [3.05, 3.63) is 243 Å². The fourth-order valence-electron chi connectivity index (χ4n) is 9.52. The molecule has 0 spiro atoms. The van der Waals surface area contributed by atoms with E-state index >= 15 is 0 Å². The third-order valence-corrected chi connectivity index (χ3v) is 15.3. The lowest BCUT2D eigenvalue weighted by atomic mass is 9.77. The number of hydrogen-bond donors (Lipinski definition) is 1. The van der Waals surface area contributed by atoms with Crippen LogP contribution in [0.25, 0.3) is 0 Å². The second-order valence-corrected chi connectivity index (χ2v) is 18.0. The van der Waals surface area contributed by atoms with Gasteiger partial charge in [-0.25, -0.2) is 0 Å². The van der Waals surface area contributed by atoms with E-state index in [4.69, 9.17) is 0 Å². The van der Waals surface area contributed by atoms with Gasteiger partial charge in [0, 0.05) is 23.2 Å². The maximum Gasteiger partial charge on any atom is 0.0559 e. The molecule has 1 aliphatic rings. The summed E-state index contributed by atoms with van der Waals surface area (Å²) in [5.41, 5.74) is 16.4. The summed E-state index contributed by atoms with van der Waals surface area (Å²) in [5.74, 6) is 0.0443. The third-order valence-electron chi connectivity index (χ3n) is 11.9. The van der Waals surface area contributed by atoms with Crippen molar-refractivity contribution in [2.75, 3.05) is 0 Å². The van der Waals surface area contributed by atoms with Crippen LogP contribution in [-0.2, 0) is 0 Å². The highest BCUT2D eigenvalue weighted by Gasteiger charge is 2.43. The summed E-state index contributed by atoms with van der Waals surface area (Å²) < 4.78 is 0. The Morgan fingerprint density at radius 3 is 1.11 bits per heavy atom. The molecule has 274 valence electrons. The molecule has 1 fully saturated rings. The molecule has 1 aliphatic heterocycles. The molecule has 0 saturated carbocycles. The summed E-state index contributed by atoms with van der Waals surface area (Å²) in [6.45, 7) is 9.14. The summed E-state index contributed by atoms with van der Waals surface area (Å²) in [6, 6.07) is 65.4. The van der Waals surface area contributed by atoms with Crippen molar-refractivity contribution in [3.8, 4) is 0 Å². The first-order valence-corrected chi connectivity index (χ1v) is 21.3. The van der Waals surface area contributed by atoms with E-state index in [9.17, 15) is 5.11 Å². The molecule has 2 heteroatoms. The normalized spacial score (nSPS) is 19.4. The second-order valence-electron chi connectivity index (χ2n) is 15.5. The quantitative estimate of drug-likeness (QED) is 0.116. The van der Waals surface area contributed by atoms with E-state index in [-0.39, 0.29) is 23.2 Å². The van der Waals surface area contributed by atoms with E-state index < -0.39 is 14.0 Å². The maximum atomic E-state index is 11.9. The zero-order chi connectivity index (χ0) is 37.9. The van der Waals surface area contributed by atoms with Gasteiger partial charge in [-0.05, 0) is 113 Å². The molecule has 1 heterocycles. The highest BCUT2D eigenvalue weighted by molar-refractivity contribution is 7.66. The zero-order valence-corrected chi connectivity index (χ0v) is 33.3. The Labute approximate surface area is 329 Å². The van der Waals surface area contributed by atoms with Gasteiger partial charge in [0.15, 0.2) is 0 Å². The minimum absolute atomic E-state index is 0.0222. The highest BCUT2D eigenvalue weighted by Crippen LogP contribution is 2.68. The fraction of sp³-hybridized carbons (Fsp3) is 0.208. The molecule has 8 rings (SSSR count). The van der Waals surface area contributed by atoms with Crippen LogP contribution < -0.4 is 5.30 Å². The van der Waals surface area contributed by atoms with Gasteiger partial charge < -0.3 is 5.11 Å². The minimum atomic E-state index is -0.939. The van der Waals surface area contributed by atoms with E-state index in [1.807, 2.05) is 0 Å².